The second-order valence-corrected chi connectivity index (χ2v) is 7.00. The van der Waals surface area contributed by atoms with Crippen LogP contribution in [0, 0.1) is 11.8 Å². The minimum absolute atomic E-state index is 0.297. The van der Waals surface area contributed by atoms with E-state index >= 15 is 0 Å². The lowest BCUT2D eigenvalue weighted by atomic mass is 9.99. The molecule has 0 aromatic carbocycles. The van der Waals surface area contributed by atoms with Crippen LogP contribution >= 0.6 is 0 Å². The summed E-state index contributed by atoms with van der Waals surface area (Å²) in [6.45, 7) is 9.67. The Morgan fingerprint density at radius 3 is 2.42 bits per heavy atom. The molecule has 19 heavy (non-hydrogen) atoms. The largest absolute Gasteiger partial charge is 0.349 e. The first kappa shape index (κ1) is 16.2. The lowest BCUT2D eigenvalue weighted by molar-refractivity contribution is 0.414. The third-order valence-corrected chi connectivity index (χ3v) is 4.94. The summed E-state index contributed by atoms with van der Waals surface area (Å²) < 4.78 is 28.9. The molecule has 5 nitrogen and oxygen atoms in total. The Balaban J connectivity index is 2.85. The van der Waals surface area contributed by atoms with Crippen molar-refractivity contribution < 1.29 is 8.42 Å². The molecule has 1 heterocycles. The standard InChI is InChI=1S/C13H25N3O2S/c1-5-16-9-13(6-12(16)7-14)19(17,18)15-8-11(4)10(2)3/h6,9-11,15H,5,7-8,14H2,1-4H3. The molecule has 0 spiro atoms. The van der Waals surface area contributed by atoms with Crippen molar-refractivity contribution in [1.29, 1.82) is 0 Å². The van der Waals surface area contributed by atoms with Crippen LogP contribution in [0.5, 0.6) is 0 Å². The monoisotopic (exact) mass is 287 g/mol. The van der Waals surface area contributed by atoms with Crippen molar-refractivity contribution in [2.24, 2.45) is 17.6 Å². The zero-order valence-corrected chi connectivity index (χ0v) is 13.0. The number of nitrogens with zero attached hydrogens (tertiary/aromatic N) is 1. The minimum Gasteiger partial charge on any atom is -0.349 e. The number of aryl methyl sites for hydroxylation is 1. The van der Waals surface area contributed by atoms with Gasteiger partial charge >= 0.3 is 0 Å². The van der Waals surface area contributed by atoms with Crippen LogP contribution in [0.15, 0.2) is 17.2 Å². The molecule has 0 saturated carbocycles. The normalized spacial score (nSPS) is 14.0. The predicted molar refractivity (Wildman–Crippen MR) is 77.2 cm³/mol. The van der Waals surface area contributed by atoms with E-state index in [9.17, 15) is 8.42 Å². The zero-order chi connectivity index (χ0) is 14.6. The first-order valence-electron chi connectivity index (χ1n) is 6.70. The number of rotatable bonds is 7. The van der Waals surface area contributed by atoms with Gasteiger partial charge in [0.15, 0.2) is 0 Å². The van der Waals surface area contributed by atoms with Gasteiger partial charge in [-0.2, -0.15) is 0 Å². The quantitative estimate of drug-likeness (QED) is 0.798. The second-order valence-electron chi connectivity index (χ2n) is 5.23. The van der Waals surface area contributed by atoms with E-state index in [0.717, 1.165) is 5.69 Å². The SMILES string of the molecule is CCn1cc(S(=O)(=O)NCC(C)C(C)C)cc1CN. The van der Waals surface area contributed by atoms with E-state index in [1.807, 2.05) is 18.4 Å². The minimum atomic E-state index is -3.44. The molecule has 0 aliphatic carbocycles. The number of nitrogens with two attached hydrogens (primary N) is 1. The number of nitrogens with one attached hydrogen (secondary N) is 1. The third kappa shape index (κ3) is 4.06. The van der Waals surface area contributed by atoms with Crippen molar-refractivity contribution in [2.45, 2.75) is 45.7 Å². The Morgan fingerprint density at radius 1 is 1.37 bits per heavy atom. The maximum atomic E-state index is 12.2. The Morgan fingerprint density at radius 2 is 2.00 bits per heavy atom. The summed E-state index contributed by atoms with van der Waals surface area (Å²) in [5, 5.41) is 0. The molecule has 0 fully saturated rings. The van der Waals surface area contributed by atoms with Crippen molar-refractivity contribution in [3.8, 4) is 0 Å². The van der Waals surface area contributed by atoms with E-state index < -0.39 is 10.0 Å². The highest BCUT2D eigenvalue weighted by atomic mass is 32.2. The predicted octanol–water partition coefficient (Wildman–Crippen LogP) is 1.54. The smallest absolute Gasteiger partial charge is 0.242 e. The van der Waals surface area contributed by atoms with E-state index in [2.05, 4.69) is 18.6 Å². The zero-order valence-electron chi connectivity index (χ0n) is 12.2. The van der Waals surface area contributed by atoms with E-state index in [4.69, 9.17) is 5.73 Å². The fourth-order valence-electron chi connectivity index (χ4n) is 1.70. The van der Waals surface area contributed by atoms with Gasteiger partial charge in [-0.25, -0.2) is 13.1 Å². The third-order valence-electron chi connectivity index (χ3n) is 3.55. The molecule has 1 atom stereocenters. The summed E-state index contributed by atoms with van der Waals surface area (Å²) in [6, 6.07) is 1.64. The van der Waals surface area contributed by atoms with E-state index in [1.54, 1.807) is 12.3 Å². The summed E-state index contributed by atoms with van der Waals surface area (Å²) >= 11 is 0. The molecule has 0 radical (unpaired) electrons. The molecular weight excluding hydrogens is 262 g/mol. The van der Waals surface area contributed by atoms with Gasteiger partial charge < -0.3 is 10.3 Å². The maximum absolute atomic E-state index is 12.2. The molecule has 0 saturated heterocycles. The van der Waals surface area contributed by atoms with Crippen LogP contribution in [-0.2, 0) is 23.1 Å². The lowest BCUT2D eigenvalue weighted by Gasteiger charge is -2.15. The molecule has 1 unspecified atom stereocenters. The fraction of sp³-hybridized carbons (Fsp3) is 0.692. The van der Waals surface area contributed by atoms with Gasteiger partial charge in [-0.1, -0.05) is 20.8 Å². The molecule has 1 rings (SSSR count). The Bertz CT molecular complexity index is 484. The van der Waals surface area contributed by atoms with Gasteiger partial charge in [0, 0.05) is 31.5 Å². The highest BCUT2D eigenvalue weighted by molar-refractivity contribution is 7.89. The first-order valence-corrected chi connectivity index (χ1v) is 8.18. The van der Waals surface area contributed by atoms with Crippen LogP contribution in [0.1, 0.15) is 33.4 Å². The lowest BCUT2D eigenvalue weighted by Crippen LogP contribution is -2.30. The van der Waals surface area contributed by atoms with Crippen LogP contribution in [0.25, 0.3) is 0 Å². The molecule has 0 aliphatic rings. The molecule has 0 aliphatic heterocycles. The summed E-state index contributed by atoms with van der Waals surface area (Å²) in [7, 11) is -3.44. The summed E-state index contributed by atoms with van der Waals surface area (Å²) in [5.41, 5.74) is 6.44. The molecular formula is C13H25N3O2S. The molecule has 1 aromatic rings. The Labute approximate surface area is 116 Å². The topological polar surface area (TPSA) is 77.1 Å². The number of aromatic nitrogens is 1. The van der Waals surface area contributed by atoms with Crippen LogP contribution in [-0.4, -0.2) is 19.5 Å². The van der Waals surface area contributed by atoms with Gasteiger partial charge in [0.25, 0.3) is 0 Å². The van der Waals surface area contributed by atoms with Crippen molar-refractivity contribution in [1.82, 2.24) is 9.29 Å². The van der Waals surface area contributed by atoms with Gasteiger partial charge in [0.1, 0.15) is 0 Å². The summed E-state index contributed by atoms with van der Waals surface area (Å²) in [4.78, 5) is 0.297. The molecule has 3 N–H and O–H groups in total. The summed E-state index contributed by atoms with van der Waals surface area (Å²) in [6.07, 6.45) is 1.64. The van der Waals surface area contributed by atoms with Crippen molar-refractivity contribution >= 4 is 10.0 Å². The van der Waals surface area contributed by atoms with Crippen molar-refractivity contribution in [3.05, 3.63) is 18.0 Å². The fourth-order valence-corrected chi connectivity index (χ4v) is 2.90. The maximum Gasteiger partial charge on any atom is 0.242 e. The summed E-state index contributed by atoms with van der Waals surface area (Å²) in [5.74, 6) is 0.750. The molecule has 0 bridgehead atoms. The molecule has 1 aromatic heterocycles. The molecule has 0 amide bonds. The number of sulfonamides is 1. The van der Waals surface area contributed by atoms with Gasteiger partial charge in [-0.05, 0) is 24.8 Å². The molecule has 110 valence electrons. The Kier molecular flexibility index (Phi) is 5.58. The van der Waals surface area contributed by atoms with E-state index in [1.165, 1.54) is 0 Å². The highest BCUT2D eigenvalue weighted by Gasteiger charge is 2.19. The van der Waals surface area contributed by atoms with Crippen LogP contribution in [0.3, 0.4) is 0 Å². The van der Waals surface area contributed by atoms with Crippen LogP contribution in [0.4, 0.5) is 0 Å². The van der Waals surface area contributed by atoms with Gasteiger partial charge in [0.2, 0.25) is 10.0 Å². The van der Waals surface area contributed by atoms with Gasteiger partial charge in [0.05, 0.1) is 4.90 Å². The van der Waals surface area contributed by atoms with Crippen molar-refractivity contribution in [2.75, 3.05) is 6.54 Å². The molecule has 6 heteroatoms. The Hall–Kier alpha value is -0.850. The van der Waals surface area contributed by atoms with Gasteiger partial charge in [-0.15, -0.1) is 0 Å². The highest BCUT2D eigenvalue weighted by Crippen LogP contribution is 2.15. The first-order chi connectivity index (χ1) is 8.81. The van der Waals surface area contributed by atoms with Crippen LogP contribution in [0.2, 0.25) is 0 Å². The number of hydrogen-bond acceptors (Lipinski definition) is 3. The van der Waals surface area contributed by atoms with E-state index in [0.29, 0.717) is 36.4 Å². The van der Waals surface area contributed by atoms with E-state index in [-0.39, 0.29) is 0 Å². The average Bonchev–Trinajstić information content (AvgIpc) is 2.79. The van der Waals surface area contributed by atoms with Gasteiger partial charge in [-0.3, -0.25) is 0 Å². The average molecular weight is 287 g/mol. The number of hydrogen-bond donors (Lipinski definition) is 2. The van der Waals surface area contributed by atoms with Crippen molar-refractivity contribution in [3.63, 3.8) is 0 Å². The van der Waals surface area contributed by atoms with Crippen LogP contribution < -0.4 is 10.5 Å². The second kappa shape index (κ2) is 6.54.